The van der Waals surface area contributed by atoms with Gasteiger partial charge in [-0.25, -0.2) is 8.42 Å². The van der Waals surface area contributed by atoms with E-state index in [4.69, 9.17) is 23.2 Å². The SMILES string of the molecule is CC1=CC=CN2C=C(c3ccc(CN(Cc4cccc(Cl)c4Cl)S(C)(=O)=O)cc3)NC12. The Morgan fingerprint density at radius 2 is 1.84 bits per heavy atom. The molecule has 2 aliphatic heterocycles. The summed E-state index contributed by atoms with van der Waals surface area (Å²) in [7, 11) is -3.45. The Kier molecular flexibility index (Phi) is 6.17. The van der Waals surface area contributed by atoms with E-state index in [0.717, 1.165) is 16.8 Å². The van der Waals surface area contributed by atoms with Crippen molar-refractivity contribution in [3.8, 4) is 0 Å². The Balaban J connectivity index is 1.51. The van der Waals surface area contributed by atoms with E-state index in [1.54, 1.807) is 18.2 Å². The van der Waals surface area contributed by atoms with Crippen molar-refractivity contribution < 1.29 is 8.42 Å². The predicted molar refractivity (Wildman–Crippen MR) is 127 cm³/mol. The zero-order valence-corrected chi connectivity index (χ0v) is 19.5. The number of rotatable bonds is 6. The van der Waals surface area contributed by atoms with E-state index >= 15 is 0 Å². The fourth-order valence-electron chi connectivity index (χ4n) is 3.65. The Morgan fingerprint density at radius 3 is 2.52 bits per heavy atom. The largest absolute Gasteiger partial charge is 0.360 e. The third-order valence-corrected chi connectivity index (χ3v) is 7.44. The van der Waals surface area contributed by atoms with Crippen molar-refractivity contribution in [3.63, 3.8) is 0 Å². The van der Waals surface area contributed by atoms with Gasteiger partial charge in [0.2, 0.25) is 10.0 Å². The van der Waals surface area contributed by atoms with E-state index in [0.29, 0.717) is 15.6 Å². The van der Waals surface area contributed by atoms with E-state index in [-0.39, 0.29) is 19.3 Å². The molecule has 2 aliphatic rings. The Bertz CT molecular complexity index is 1190. The molecule has 0 amide bonds. The van der Waals surface area contributed by atoms with E-state index in [2.05, 4.69) is 29.4 Å². The molecule has 0 fully saturated rings. The lowest BCUT2D eigenvalue weighted by Gasteiger charge is -2.25. The summed E-state index contributed by atoms with van der Waals surface area (Å²) in [4.78, 5) is 2.14. The molecule has 1 atom stereocenters. The molecule has 0 saturated heterocycles. The van der Waals surface area contributed by atoms with Crippen LogP contribution in [0.3, 0.4) is 0 Å². The molecule has 2 heterocycles. The zero-order chi connectivity index (χ0) is 22.2. The second-order valence-electron chi connectivity index (χ2n) is 7.73. The van der Waals surface area contributed by atoms with Gasteiger partial charge in [0.1, 0.15) is 6.17 Å². The highest BCUT2D eigenvalue weighted by atomic mass is 35.5. The first-order valence-corrected chi connectivity index (χ1v) is 12.4. The lowest BCUT2D eigenvalue weighted by Crippen LogP contribution is -2.35. The van der Waals surface area contributed by atoms with Crippen LogP contribution in [0.1, 0.15) is 23.6 Å². The summed E-state index contributed by atoms with van der Waals surface area (Å²) in [6, 6.07) is 13.1. The third-order valence-electron chi connectivity index (χ3n) is 5.39. The predicted octanol–water partition coefficient (Wildman–Crippen LogP) is 4.96. The molecule has 0 spiro atoms. The van der Waals surface area contributed by atoms with Crippen molar-refractivity contribution >= 4 is 38.9 Å². The van der Waals surface area contributed by atoms with Crippen LogP contribution in [0.5, 0.6) is 0 Å². The Morgan fingerprint density at radius 1 is 1.10 bits per heavy atom. The van der Waals surface area contributed by atoms with Gasteiger partial charge in [0.25, 0.3) is 0 Å². The summed E-state index contributed by atoms with van der Waals surface area (Å²) in [5.41, 5.74) is 4.88. The zero-order valence-electron chi connectivity index (χ0n) is 17.2. The van der Waals surface area contributed by atoms with Crippen LogP contribution in [-0.2, 0) is 23.1 Å². The number of hydrogen-bond donors (Lipinski definition) is 1. The average Bonchev–Trinajstić information content (AvgIpc) is 3.16. The van der Waals surface area contributed by atoms with Gasteiger partial charge in [0, 0.05) is 25.5 Å². The molecule has 0 bridgehead atoms. The van der Waals surface area contributed by atoms with Gasteiger partial charge in [-0.1, -0.05) is 65.7 Å². The minimum Gasteiger partial charge on any atom is -0.360 e. The fraction of sp³-hybridized carbons (Fsp3) is 0.217. The number of benzene rings is 2. The third kappa shape index (κ3) is 4.83. The van der Waals surface area contributed by atoms with Crippen LogP contribution in [0, 0.1) is 0 Å². The lowest BCUT2D eigenvalue weighted by molar-refractivity contribution is 0.405. The van der Waals surface area contributed by atoms with Gasteiger partial charge in [-0.15, -0.1) is 0 Å². The monoisotopic (exact) mass is 475 g/mol. The van der Waals surface area contributed by atoms with Gasteiger partial charge in [0.15, 0.2) is 0 Å². The molecule has 2 aromatic rings. The number of nitrogens with zero attached hydrogens (tertiary/aromatic N) is 2. The van der Waals surface area contributed by atoms with Crippen molar-refractivity contribution in [3.05, 3.63) is 99.3 Å². The summed E-state index contributed by atoms with van der Waals surface area (Å²) in [6.45, 7) is 2.50. The summed E-state index contributed by atoms with van der Waals surface area (Å²) in [5, 5.41) is 4.31. The minimum atomic E-state index is -3.45. The maximum absolute atomic E-state index is 12.4. The molecule has 1 N–H and O–H groups in total. The molecule has 162 valence electrons. The second-order valence-corrected chi connectivity index (χ2v) is 10.5. The van der Waals surface area contributed by atoms with Gasteiger partial charge >= 0.3 is 0 Å². The topological polar surface area (TPSA) is 52.7 Å². The second kappa shape index (κ2) is 8.71. The molecule has 2 aromatic carbocycles. The van der Waals surface area contributed by atoms with Crippen molar-refractivity contribution in [2.24, 2.45) is 0 Å². The maximum atomic E-state index is 12.4. The van der Waals surface area contributed by atoms with Crippen LogP contribution in [-0.4, -0.2) is 30.0 Å². The van der Waals surface area contributed by atoms with Crippen molar-refractivity contribution in [1.29, 1.82) is 0 Å². The number of hydrogen-bond acceptors (Lipinski definition) is 4. The molecular weight excluding hydrogens is 453 g/mol. The number of sulfonamides is 1. The standard InChI is InChI=1S/C23H23Cl2N3O2S/c1-16-5-4-12-27-15-21(26-23(16)27)18-10-8-17(9-11-18)13-28(31(2,29)30)14-19-6-3-7-20(24)22(19)25/h3-12,15,23,26H,13-14H2,1-2H3. The van der Waals surface area contributed by atoms with Crippen molar-refractivity contribution in [2.45, 2.75) is 26.2 Å². The highest BCUT2D eigenvalue weighted by Crippen LogP contribution is 2.29. The minimum absolute atomic E-state index is 0.142. The highest BCUT2D eigenvalue weighted by Gasteiger charge is 2.25. The summed E-state index contributed by atoms with van der Waals surface area (Å²) >= 11 is 12.4. The van der Waals surface area contributed by atoms with Gasteiger partial charge in [-0.2, -0.15) is 4.31 Å². The van der Waals surface area contributed by atoms with E-state index in [1.165, 1.54) is 16.1 Å². The molecule has 0 aliphatic carbocycles. The van der Waals surface area contributed by atoms with Crippen LogP contribution in [0.15, 0.2) is 72.6 Å². The van der Waals surface area contributed by atoms with Gasteiger partial charge in [-0.3, -0.25) is 0 Å². The first-order valence-electron chi connectivity index (χ1n) is 9.80. The first-order chi connectivity index (χ1) is 14.7. The molecule has 0 radical (unpaired) electrons. The van der Waals surface area contributed by atoms with Crippen LogP contribution in [0.2, 0.25) is 10.0 Å². The summed E-state index contributed by atoms with van der Waals surface area (Å²) < 4.78 is 26.2. The first kappa shape index (κ1) is 22.0. The maximum Gasteiger partial charge on any atom is 0.211 e. The van der Waals surface area contributed by atoms with Crippen LogP contribution in [0.4, 0.5) is 0 Å². The number of fused-ring (bicyclic) bond motifs is 1. The summed E-state index contributed by atoms with van der Waals surface area (Å²) in [5.74, 6) is 0. The molecule has 1 unspecified atom stereocenters. The number of nitrogens with one attached hydrogen (secondary N) is 1. The molecule has 0 aromatic heterocycles. The van der Waals surface area contributed by atoms with Crippen molar-refractivity contribution in [2.75, 3.05) is 6.26 Å². The molecule has 5 nitrogen and oxygen atoms in total. The summed E-state index contributed by atoms with van der Waals surface area (Å²) in [6.07, 6.45) is 9.59. The van der Waals surface area contributed by atoms with Crippen molar-refractivity contribution in [1.82, 2.24) is 14.5 Å². The number of allylic oxidation sites excluding steroid dienone is 2. The number of halogens is 2. The van der Waals surface area contributed by atoms with Gasteiger partial charge in [0.05, 0.1) is 22.0 Å². The molecule has 4 rings (SSSR count). The fourth-order valence-corrected chi connectivity index (χ4v) is 4.79. The van der Waals surface area contributed by atoms with Crippen LogP contribution in [0.25, 0.3) is 5.70 Å². The smallest absolute Gasteiger partial charge is 0.211 e. The highest BCUT2D eigenvalue weighted by molar-refractivity contribution is 7.88. The van der Waals surface area contributed by atoms with Crippen LogP contribution >= 0.6 is 23.2 Å². The Labute approximate surface area is 193 Å². The molecular formula is C23H23Cl2N3O2S. The molecule has 31 heavy (non-hydrogen) atoms. The molecule has 8 heteroatoms. The van der Waals surface area contributed by atoms with E-state index < -0.39 is 10.0 Å². The Hall–Kier alpha value is -2.25. The van der Waals surface area contributed by atoms with Crippen LogP contribution < -0.4 is 5.32 Å². The van der Waals surface area contributed by atoms with E-state index in [1.807, 2.05) is 36.5 Å². The van der Waals surface area contributed by atoms with Gasteiger partial charge in [-0.05, 0) is 41.3 Å². The van der Waals surface area contributed by atoms with E-state index in [9.17, 15) is 8.42 Å². The average molecular weight is 476 g/mol. The van der Waals surface area contributed by atoms with Gasteiger partial charge < -0.3 is 10.2 Å². The quantitative estimate of drug-likeness (QED) is 0.641. The molecule has 0 saturated carbocycles. The lowest BCUT2D eigenvalue weighted by atomic mass is 10.1. The normalized spacial score (nSPS) is 18.0.